The Balaban J connectivity index is 1.36. The minimum absolute atomic E-state index is 0.236. The van der Waals surface area contributed by atoms with E-state index in [0.717, 1.165) is 37.0 Å². The Morgan fingerprint density at radius 2 is 1.42 bits per heavy atom. The number of hydrogen-bond acceptors (Lipinski definition) is 1. The van der Waals surface area contributed by atoms with Crippen molar-refractivity contribution in [1.82, 2.24) is 0 Å². The van der Waals surface area contributed by atoms with Crippen LogP contribution in [0, 0.1) is 46.9 Å². The molecule has 2 aliphatic carbocycles. The molecule has 2 aliphatic rings. The fraction of sp³-hybridized carbons (Fsp3) is 0.586. The highest BCUT2D eigenvalue weighted by Gasteiger charge is 2.45. The van der Waals surface area contributed by atoms with Gasteiger partial charge in [0.05, 0.1) is 5.92 Å². The maximum absolute atomic E-state index is 15.0. The van der Waals surface area contributed by atoms with Crippen LogP contribution in [0.15, 0.2) is 30.3 Å². The SMILES string of the molecule is CCCC1CCCC(C2CCC(C(F)(F)Oc3ccc(-c4cc(F)c(F)c(F)c4)c(F)c3)CC2)CC1. The summed E-state index contributed by atoms with van der Waals surface area (Å²) in [6, 6.07) is 4.31. The molecule has 2 aromatic carbocycles. The minimum atomic E-state index is -3.46. The Labute approximate surface area is 209 Å². The van der Waals surface area contributed by atoms with Crippen molar-refractivity contribution in [2.24, 2.45) is 23.7 Å². The molecule has 0 aliphatic heterocycles. The molecule has 198 valence electrons. The van der Waals surface area contributed by atoms with Crippen molar-refractivity contribution < 1.29 is 31.1 Å². The van der Waals surface area contributed by atoms with E-state index < -0.39 is 35.3 Å². The van der Waals surface area contributed by atoms with Crippen LogP contribution in [0.25, 0.3) is 11.1 Å². The summed E-state index contributed by atoms with van der Waals surface area (Å²) in [5.74, 6) is -4.99. The van der Waals surface area contributed by atoms with Gasteiger partial charge in [-0.05, 0) is 79.7 Å². The molecule has 4 rings (SSSR count). The molecule has 0 radical (unpaired) electrons. The average molecular weight is 513 g/mol. The predicted octanol–water partition coefficient (Wildman–Crippen LogP) is 9.68. The molecule has 7 heteroatoms. The molecule has 0 spiro atoms. The highest BCUT2D eigenvalue weighted by atomic mass is 19.3. The van der Waals surface area contributed by atoms with E-state index in [1.807, 2.05) is 0 Å². The van der Waals surface area contributed by atoms with Gasteiger partial charge < -0.3 is 4.74 Å². The Morgan fingerprint density at radius 1 is 0.778 bits per heavy atom. The van der Waals surface area contributed by atoms with Gasteiger partial charge in [-0.15, -0.1) is 0 Å². The third-order valence-corrected chi connectivity index (χ3v) is 8.23. The van der Waals surface area contributed by atoms with Crippen molar-refractivity contribution in [2.75, 3.05) is 0 Å². The summed E-state index contributed by atoms with van der Waals surface area (Å²) < 4.78 is 89.8. The quantitative estimate of drug-likeness (QED) is 0.204. The third kappa shape index (κ3) is 6.20. The molecule has 2 saturated carbocycles. The third-order valence-electron chi connectivity index (χ3n) is 8.23. The molecule has 2 aromatic rings. The zero-order valence-corrected chi connectivity index (χ0v) is 20.7. The van der Waals surface area contributed by atoms with Crippen molar-refractivity contribution in [3.63, 3.8) is 0 Å². The lowest BCUT2D eigenvalue weighted by molar-refractivity contribution is -0.224. The summed E-state index contributed by atoms with van der Waals surface area (Å²) in [5, 5.41) is 0. The second kappa shape index (κ2) is 11.5. The number of ether oxygens (including phenoxy) is 1. The monoisotopic (exact) mass is 512 g/mol. The highest BCUT2D eigenvalue weighted by Crippen LogP contribution is 2.45. The van der Waals surface area contributed by atoms with E-state index in [2.05, 4.69) is 6.92 Å². The average Bonchev–Trinajstić information content (AvgIpc) is 3.08. The molecular weight excluding hydrogens is 478 g/mol. The molecule has 2 unspecified atom stereocenters. The van der Waals surface area contributed by atoms with Crippen LogP contribution in [0.2, 0.25) is 0 Å². The topological polar surface area (TPSA) is 9.23 Å². The number of hydrogen-bond donors (Lipinski definition) is 0. The van der Waals surface area contributed by atoms with Crippen molar-refractivity contribution in [3.05, 3.63) is 53.6 Å². The van der Waals surface area contributed by atoms with Crippen LogP contribution < -0.4 is 4.74 Å². The van der Waals surface area contributed by atoms with Gasteiger partial charge in [-0.1, -0.05) is 45.4 Å². The summed E-state index contributed by atoms with van der Waals surface area (Å²) in [6.45, 7) is 2.22. The summed E-state index contributed by atoms with van der Waals surface area (Å²) in [7, 11) is 0. The van der Waals surface area contributed by atoms with Crippen molar-refractivity contribution in [2.45, 2.75) is 83.7 Å². The van der Waals surface area contributed by atoms with E-state index in [-0.39, 0.29) is 16.9 Å². The molecule has 0 heterocycles. The van der Waals surface area contributed by atoms with Gasteiger partial charge >= 0.3 is 6.11 Å². The van der Waals surface area contributed by atoms with Gasteiger partial charge in [0.15, 0.2) is 17.5 Å². The van der Waals surface area contributed by atoms with Gasteiger partial charge in [0.1, 0.15) is 11.6 Å². The highest BCUT2D eigenvalue weighted by molar-refractivity contribution is 5.65. The van der Waals surface area contributed by atoms with Gasteiger partial charge in [0, 0.05) is 11.6 Å². The van der Waals surface area contributed by atoms with Gasteiger partial charge in [0.2, 0.25) is 0 Å². The van der Waals surface area contributed by atoms with E-state index >= 15 is 0 Å². The molecule has 2 atom stereocenters. The minimum Gasteiger partial charge on any atom is -0.432 e. The van der Waals surface area contributed by atoms with E-state index in [4.69, 9.17) is 4.74 Å². The smallest absolute Gasteiger partial charge is 0.400 e. The number of rotatable bonds is 7. The van der Waals surface area contributed by atoms with Gasteiger partial charge in [-0.25, -0.2) is 17.6 Å². The Kier molecular flexibility index (Phi) is 8.56. The molecule has 0 N–H and O–H groups in total. The summed E-state index contributed by atoms with van der Waals surface area (Å²) in [6.07, 6.45) is 7.41. The number of benzene rings is 2. The first-order chi connectivity index (χ1) is 17.2. The molecular formula is C29H34F6O. The maximum Gasteiger partial charge on any atom is 0.400 e. The summed E-state index contributed by atoms with van der Waals surface area (Å²) in [4.78, 5) is 0. The second-order valence-corrected chi connectivity index (χ2v) is 10.6. The van der Waals surface area contributed by atoms with E-state index in [0.29, 0.717) is 36.8 Å². The second-order valence-electron chi connectivity index (χ2n) is 10.6. The first-order valence-electron chi connectivity index (χ1n) is 13.2. The summed E-state index contributed by atoms with van der Waals surface area (Å²) in [5.41, 5.74) is -0.478. The first kappa shape index (κ1) is 26.9. The van der Waals surface area contributed by atoms with Crippen LogP contribution in [-0.2, 0) is 0 Å². The van der Waals surface area contributed by atoms with Crippen molar-refractivity contribution in [3.8, 4) is 16.9 Å². The van der Waals surface area contributed by atoms with Crippen LogP contribution in [0.4, 0.5) is 26.3 Å². The fourth-order valence-corrected chi connectivity index (χ4v) is 6.25. The lowest BCUT2D eigenvalue weighted by Gasteiger charge is -2.36. The molecule has 1 nitrogen and oxygen atoms in total. The fourth-order valence-electron chi connectivity index (χ4n) is 6.25. The maximum atomic E-state index is 15.0. The lowest BCUT2D eigenvalue weighted by atomic mass is 9.73. The zero-order chi connectivity index (χ0) is 25.9. The van der Waals surface area contributed by atoms with Crippen molar-refractivity contribution >= 4 is 0 Å². The van der Waals surface area contributed by atoms with Crippen LogP contribution >= 0.6 is 0 Å². The summed E-state index contributed by atoms with van der Waals surface area (Å²) >= 11 is 0. The van der Waals surface area contributed by atoms with E-state index in [1.54, 1.807) is 0 Å². The van der Waals surface area contributed by atoms with Gasteiger partial charge in [0.25, 0.3) is 0 Å². The van der Waals surface area contributed by atoms with Crippen LogP contribution in [0.1, 0.15) is 77.6 Å². The molecule has 0 bridgehead atoms. The zero-order valence-electron chi connectivity index (χ0n) is 20.7. The number of halogens is 6. The molecule has 0 amide bonds. The molecule has 0 saturated heterocycles. The van der Waals surface area contributed by atoms with E-state index in [1.165, 1.54) is 44.9 Å². The van der Waals surface area contributed by atoms with Crippen molar-refractivity contribution in [1.29, 1.82) is 0 Å². The Hall–Kier alpha value is -2.18. The Morgan fingerprint density at radius 3 is 2.06 bits per heavy atom. The number of alkyl halides is 2. The van der Waals surface area contributed by atoms with Gasteiger partial charge in [-0.2, -0.15) is 8.78 Å². The van der Waals surface area contributed by atoms with Gasteiger partial charge in [-0.3, -0.25) is 0 Å². The standard InChI is InChI=1S/C29H34F6O/c1-2-4-18-5-3-6-19(8-7-18)20-9-11-22(12-10-20)29(34,35)36-23-13-14-24(25(30)17-23)21-15-26(31)28(33)27(32)16-21/h13-20,22H,2-12H2,1H3. The van der Waals surface area contributed by atoms with Crippen LogP contribution in [0.5, 0.6) is 5.75 Å². The Bertz CT molecular complexity index is 1010. The largest absolute Gasteiger partial charge is 0.432 e. The first-order valence-corrected chi connectivity index (χ1v) is 13.2. The molecule has 36 heavy (non-hydrogen) atoms. The van der Waals surface area contributed by atoms with E-state index in [9.17, 15) is 26.3 Å². The normalized spacial score (nSPS) is 25.4. The van der Waals surface area contributed by atoms with Crippen LogP contribution in [0.3, 0.4) is 0 Å². The lowest BCUT2D eigenvalue weighted by Crippen LogP contribution is -2.38. The van der Waals surface area contributed by atoms with Crippen LogP contribution in [-0.4, -0.2) is 6.11 Å². The molecule has 2 fully saturated rings. The molecule has 0 aromatic heterocycles. The predicted molar refractivity (Wildman–Crippen MR) is 128 cm³/mol.